The van der Waals surface area contributed by atoms with Crippen LogP contribution in [-0.2, 0) is 6.54 Å². The maximum absolute atomic E-state index is 5.40. The van der Waals surface area contributed by atoms with Gasteiger partial charge in [-0.25, -0.2) is 9.97 Å². The van der Waals surface area contributed by atoms with Gasteiger partial charge in [0.25, 0.3) is 0 Å². The second-order valence-electron chi connectivity index (χ2n) is 2.99. The minimum atomic E-state index is 0.654. The second-order valence-corrected chi connectivity index (χ2v) is 2.99. The van der Waals surface area contributed by atoms with Crippen molar-refractivity contribution >= 4 is 5.69 Å². The van der Waals surface area contributed by atoms with Crippen LogP contribution in [0.3, 0.4) is 0 Å². The predicted octanol–water partition coefficient (Wildman–Crippen LogP) is 1.99. The first-order chi connectivity index (χ1) is 6.84. The Morgan fingerprint density at radius 3 is 2.71 bits per heavy atom. The van der Waals surface area contributed by atoms with E-state index in [4.69, 9.17) is 4.42 Å². The summed E-state index contributed by atoms with van der Waals surface area (Å²) in [5, 5.41) is 3.16. The lowest BCUT2D eigenvalue weighted by molar-refractivity contribution is 0.490. The van der Waals surface area contributed by atoms with Crippen molar-refractivity contribution in [2.24, 2.45) is 0 Å². The molecule has 0 fully saturated rings. The van der Waals surface area contributed by atoms with Gasteiger partial charge in [0, 0.05) is 0 Å². The van der Waals surface area contributed by atoms with E-state index >= 15 is 0 Å². The molecule has 0 aromatic carbocycles. The molecule has 0 amide bonds. The first-order valence-electron chi connectivity index (χ1n) is 4.39. The molecule has 0 atom stereocenters. The highest BCUT2D eigenvalue weighted by atomic mass is 16.3. The minimum Gasteiger partial charge on any atom is -0.465 e. The highest BCUT2D eigenvalue weighted by Crippen LogP contribution is 2.09. The summed E-state index contributed by atoms with van der Waals surface area (Å²) in [6.45, 7) is 2.58. The van der Waals surface area contributed by atoms with Crippen LogP contribution in [0, 0.1) is 6.92 Å². The molecule has 0 spiro atoms. The minimum absolute atomic E-state index is 0.654. The Morgan fingerprint density at radius 2 is 2.07 bits per heavy atom. The van der Waals surface area contributed by atoms with Gasteiger partial charge in [-0.1, -0.05) is 0 Å². The van der Waals surface area contributed by atoms with Crippen LogP contribution >= 0.6 is 0 Å². The quantitative estimate of drug-likeness (QED) is 0.802. The van der Waals surface area contributed by atoms with Crippen molar-refractivity contribution in [2.75, 3.05) is 5.32 Å². The standard InChI is InChI=1S/C10H11N3O/c1-8-2-3-10(14-8)6-13-9-4-11-7-12-5-9/h2-5,7,13H,6H2,1H3. The molecule has 14 heavy (non-hydrogen) atoms. The van der Waals surface area contributed by atoms with Crippen LogP contribution in [0.25, 0.3) is 0 Å². The Labute approximate surface area is 82.0 Å². The van der Waals surface area contributed by atoms with Crippen LogP contribution in [0.4, 0.5) is 5.69 Å². The smallest absolute Gasteiger partial charge is 0.123 e. The Kier molecular flexibility index (Phi) is 2.44. The van der Waals surface area contributed by atoms with Crippen LogP contribution in [0.2, 0.25) is 0 Å². The molecular formula is C10H11N3O. The molecule has 2 rings (SSSR count). The second kappa shape index (κ2) is 3.91. The fourth-order valence-corrected chi connectivity index (χ4v) is 1.16. The van der Waals surface area contributed by atoms with Gasteiger partial charge in [-0.15, -0.1) is 0 Å². The largest absolute Gasteiger partial charge is 0.465 e. The van der Waals surface area contributed by atoms with Crippen LogP contribution in [-0.4, -0.2) is 9.97 Å². The number of nitrogens with zero attached hydrogens (tertiary/aromatic N) is 2. The van der Waals surface area contributed by atoms with Gasteiger partial charge < -0.3 is 9.73 Å². The molecule has 0 unspecified atom stereocenters. The number of aromatic nitrogens is 2. The van der Waals surface area contributed by atoms with E-state index in [1.165, 1.54) is 6.33 Å². The summed E-state index contributed by atoms with van der Waals surface area (Å²) in [5.74, 6) is 1.83. The Morgan fingerprint density at radius 1 is 1.29 bits per heavy atom. The first-order valence-corrected chi connectivity index (χ1v) is 4.39. The SMILES string of the molecule is Cc1ccc(CNc2cncnc2)o1. The Hall–Kier alpha value is -1.84. The summed E-state index contributed by atoms with van der Waals surface area (Å²) in [4.78, 5) is 7.80. The molecule has 4 nitrogen and oxygen atoms in total. The molecule has 4 heteroatoms. The van der Waals surface area contributed by atoms with E-state index in [-0.39, 0.29) is 0 Å². The zero-order chi connectivity index (χ0) is 9.80. The fourth-order valence-electron chi connectivity index (χ4n) is 1.16. The van der Waals surface area contributed by atoms with Crippen LogP contribution in [0.1, 0.15) is 11.5 Å². The molecule has 2 heterocycles. The maximum Gasteiger partial charge on any atom is 0.123 e. The molecule has 0 aliphatic carbocycles. The zero-order valence-corrected chi connectivity index (χ0v) is 7.90. The van der Waals surface area contributed by atoms with E-state index < -0.39 is 0 Å². The van der Waals surface area contributed by atoms with Crippen molar-refractivity contribution in [2.45, 2.75) is 13.5 Å². The highest BCUT2D eigenvalue weighted by Gasteiger charge is 1.97. The number of aryl methyl sites for hydroxylation is 1. The summed E-state index contributed by atoms with van der Waals surface area (Å²) < 4.78 is 5.40. The third-order valence-corrected chi connectivity index (χ3v) is 1.82. The summed E-state index contributed by atoms with van der Waals surface area (Å²) in [6.07, 6.45) is 4.95. The number of rotatable bonds is 3. The monoisotopic (exact) mass is 189 g/mol. The molecule has 0 saturated carbocycles. The lowest BCUT2D eigenvalue weighted by atomic mass is 10.4. The number of anilines is 1. The van der Waals surface area contributed by atoms with E-state index in [9.17, 15) is 0 Å². The molecule has 72 valence electrons. The van der Waals surface area contributed by atoms with Gasteiger partial charge in [-0.05, 0) is 19.1 Å². The third kappa shape index (κ3) is 2.10. The summed E-state index contributed by atoms with van der Waals surface area (Å²) >= 11 is 0. The number of furan rings is 1. The van der Waals surface area contributed by atoms with Crippen molar-refractivity contribution in [3.8, 4) is 0 Å². The van der Waals surface area contributed by atoms with E-state index in [1.807, 2.05) is 19.1 Å². The van der Waals surface area contributed by atoms with Gasteiger partial charge in [0.2, 0.25) is 0 Å². The maximum atomic E-state index is 5.40. The zero-order valence-electron chi connectivity index (χ0n) is 7.90. The summed E-state index contributed by atoms with van der Waals surface area (Å²) in [5.41, 5.74) is 0.890. The van der Waals surface area contributed by atoms with Crippen LogP contribution in [0.15, 0.2) is 35.3 Å². The van der Waals surface area contributed by atoms with Gasteiger partial charge >= 0.3 is 0 Å². The Bertz CT molecular complexity index is 397. The van der Waals surface area contributed by atoms with Gasteiger partial charge in [0.1, 0.15) is 17.8 Å². The lowest BCUT2D eigenvalue weighted by Crippen LogP contribution is -1.98. The van der Waals surface area contributed by atoms with Crippen molar-refractivity contribution in [3.63, 3.8) is 0 Å². The third-order valence-electron chi connectivity index (χ3n) is 1.82. The molecule has 0 aliphatic heterocycles. The predicted molar refractivity (Wildman–Crippen MR) is 52.8 cm³/mol. The Balaban J connectivity index is 1.95. The lowest BCUT2D eigenvalue weighted by Gasteiger charge is -2.01. The average molecular weight is 189 g/mol. The van der Waals surface area contributed by atoms with E-state index in [1.54, 1.807) is 12.4 Å². The van der Waals surface area contributed by atoms with Gasteiger partial charge in [-0.3, -0.25) is 0 Å². The normalized spacial score (nSPS) is 10.1. The van der Waals surface area contributed by atoms with Crippen molar-refractivity contribution in [1.29, 1.82) is 0 Å². The van der Waals surface area contributed by atoms with E-state index in [2.05, 4.69) is 15.3 Å². The molecule has 2 aromatic rings. The average Bonchev–Trinajstić information content (AvgIpc) is 2.63. The van der Waals surface area contributed by atoms with Gasteiger partial charge in [0.15, 0.2) is 0 Å². The molecule has 1 N–H and O–H groups in total. The van der Waals surface area contributed by atoms with Crippen molar-refractivity contribution in [3.05, 3.63) is 42.4 Å². The first kappa shape index (κ1) is 8.74. The van der Waals surface area contributed by atoms with E-state index in [0.29, 0.717) is 6.54 Å². The molecular weight excluding hydrogens is 178 g/mol. The van der Waals surface area contributed by atoms with Gasteiger partial charge in [0.05, 0.1) is 24.6 Å². The summed E-state index contributed by atoms with van der Waals surface area (Å²) in [7, 11) is 0. The van der Waals surface area contributed by atoms with Gasteiger partial charge in [-0.2, -0.15) is 0 Å². The van der Waals surface area contributed by atoms with Crippen molar-refractivity contribution in [1.82, 2.24) is 9.97 Å². The van der Waals surface area contributed by atoms with Crippen LogP contribution < -0.4 is 5.32 Å². The molecule has 0 saturated heterocycles. The van der Waals surface area contributed by atoms with E-state index in [0.717, 1.165) is 17.2 Å². The topological polar surface area (TPSA) is 51.0 Å². The number of hydrogen-bond donors (Lipinski definition) is 1. The summed E-state index contributed by atoms with van der Waals surface area (Å²) in [6, 6.07) is 3.89. The number of hydrogen-bond acceptors (Lipinski definition) is 4. The molecule has 0 bridgehead atoms. The molecule has 2 aromatic heterocycles. The molecule has 0 aliphatic rings. The fraction of sp³-hybridized carbons (Fsp3) is 0.200. The highest BCUT2D eigenvalue weighted by molar-refractivity contribution is 5.37. The van der Waals surface area contributed by atoms with Crippen molar-refractivity contribution < 1.29 is 4.42 Å². The molecule has 0 radical (unpaired) electrons. The number of nitrogens with one attached hydrogen (secondary N) is 1. The van der Waals surface area contributed by atoms with Crippen LogP contribution in [0.5, 0.6) is 0 Å².